The summed E-state index contributed by atoms with van der Waals surface area (Å²) in [6, 6.07) is 0. The Hall–Kier alpha value is 0.379. The Morgan fingerprint density at radius 3 is 2.67 bits per heavy atom. The molecule has 0 spiro atoms. The van der Waals surface area contributed by atoms with E-state index in [4.69, 9.17) is 0 Å². The molecule has 0 bridgehead atoms. The quantitative estimate of drug-likeness (QED) is 0.540. The molecule has 0 N–H and O–H groups in total. The predicted octanol–water partition coefficient (Wildman–Crippen LogP) is 0.0496. The molecule has 1 fully saturated rings. The van der Waals surface area contributed by atoms with E-state index in [-0.39, 0.29) is 0 Å². The van der Waals surface area contributed by atoms with E-state index in [1.807, 2.05) is 0 Å². The van der Waals surface area contributed by atoms with E-state index in [2.05, 4.69) is 20.5 Å². The second-order valence-electron chi connectivity index (χ2n) is 2.79. The average molecular weight is 297 g/mol. The Bertz CT molecular complexity index is 166. The Balaban J connectivity index is 2.24. The van der Waals surface area contributed by atoms with Crippen molar-refractivity contribution in [1.82, 2.24) is 4.90 Å². The first kappa shape index (κ1) is 10.5. The van der Waals surface area contributed by atoms with Gasteiger partial charge in [0.15, 0.2) is 0 Å². The summed E-state index contributed by atoms with van der Waals surface area (Å²) in [5.74, 6) is 0. The number of hydrogen-bond donors (Lipinski definition) is 0. The van der Waals surface area contributed by atoms with Gasteiger partial charge in [-0.15, -0.1) is 0 Å². The molecule has 0 aromatic rings. The van der Waals surface area contributed by atoms with E-state index in [0.717, 1.165) is 6.29 Å². The molecule has 0 aromatic heterocycles. The summed E-state index contributed by atoms with van der Waals surface area (Å²) in [6.07, 6.45) is 5.00. The second-order valence-corrected chi connectivity index (χ2v) is 7.03. The maximum atomic E-state index is 10.2. The van der Waals surface area contributed by atoms with Gasteiger partial charge in [-0.05, 0) is 0 Å². The molecule has 0 amide bonds. The Kier molecular flexibility index (Phi) is 5.17. The predicted molar refractivity (Wildman–Crippen MR) is 52.8 cm³/mol. The van der Waals surface area contributed by atoms with Gasteiger partial charge < -0.3 is 0 Å². The van der Waals surface area contributed by atoms with Crippen molar-refractivity contribution >= 4 is 40.3 Å². The number of hydrogen-bond acceptors (Lipinski definition) is 2. The van der Waals surface area contributed by atoms with Crippen LogP contribution in [-0.4, -0.2) is 58.2 Å². The van der Waals surface area contributed by atoms with Gasteiger partial charge in [-0.2, -0.15) is 0 Å². The van der Waals surface area contributed by atoms with Crippen LogP contribution in [0.15, 0.2) is 0 Å². The van der Waals surface area contributed by atoms with Crippen LogP contribution in [-0.2, 0) is 4.79 Å². The molecule has 1 rings (SSSR count). The van der Waals surface area contributed by atoms with E-state index in [9.17, 15) is 4.79 Å². The molecule has 0 aromatic carbocycles. The SMILES string of the molecule is O=CC[Se]C(=[Se])N1CCCCC1. The minimum absolute atomic E-state index is 0.360. The summed E-state index contributed by atoms with van der Waals surface area (Å²) in [4.78, 5) is 12.6. The molecule has 0 radical (unpaired) electrons. The first-order valence-corrected chi connectivity index (χ1v) is 7.12. The fraction of sp³-hybridized carbons (Fsp3) is 0.750. The van der Waals surface area contributed by atoms with Gasteiger partial charge in [-0.3, -0.25) is 0 Å². The van der Waals surface area contributed by atoms with Gasteiger partial charge in [0.2, 0.25) is 0 Å². The van der Waals surface area contributed by atoms with Crippen molar-refractivity contribution in [2.45, 2.75) is 24.6 Å². The summed E-state index contributed by atoms with van der Waals surface area (Å²) in [7, 11) is 0. The molecule has 1 aliphatic rings. The van der Waals surface area contributed by atoms with Gasteiger partial charge >= 0.3 is 87.6 Å². The van der Waals surface area contributed by atoms with Crippen LogP contribution in [0.3, 0.4) is 0 Å². The average Bonchev–Trinajstić information content (AvgIpc) is 2.15. The summed E-state index contributed by atoms with van der Waals surface area (Å²) >= 11 is 3.45. The van der Waals surface area contributed by atoms with Crippen molar-refractivity contribution < 1.29 is 4.79 Å². The first-order chi connectivity index (χ1) is 5.84. The molecule has 0 unspecified atom stereocenters. The zero-order valence-corrected chi connectivity index (χ0v) is 10.4. The fourth-order valence-electron chi connectivity index (χ4n) is 1.27. The summed E-state index contributed by atoms with van der Waals surface area (Å²) in [5.41, 5.74) is 0. The molecule has 1 heterocycles. The van der Waals surface area contributed by atoms with Gasteiger partial charge in [0, 0.05) is 0 Å². The molecular formula is C8H13NOSe2. The van der Waals surface area contributed by atoms with E-state index >= 15 is 0 Å². The number of rotatable bonds is 4. The van der Waals surface area contributed by atoms with Crippen molar-refractivity contribution in [3.05, 3.63) is 0 Å². The second kappa shape index (κ2) is 5.93. The van der Waals surface area contributed by atoms with Crippen LogP contribution in [0.5, 0.6) is 0 Å². The number of carbonyl (C=O) groups excluding carboxylic acids is 1. The molecule has 68 valence electrons. The molecule has 0 saturated carbocycles. The van der Waals surface area contributed by atoms with E-state index in [0.29, 0.717) is 20.3 Å². The monoisotopic (exact) mass is 299 g/mol. The fourth-order valence-corrected chi connectivity index (χ4v) is 3.61. The molecule has 4 heteroatoms. The number of piperidine rings is 1. The van der Waals surface area contributed by atoms with Crippen molar-refractivity contribution in [2.24, 2.45) is 0 Å². The molecule has 1 saturated heterocycles. The Morgan fingerprint density at radius 1 is 1.42 bits per heavy atom. The van der Waals surface area contributed by atoms with Gasteiger partial charge in [0.05, 0.1) is 0 Å². The van der Waals surface area contributed by atoms with Crippen LogP contribution in [0.4, 0.5) is 0 Å². The zero-order chi connectivity index (χ0) is 8.81. The van der Waals surface area contributed by atoms with Crippen molar-refractivity contribution in [1.29, 1.82) is 0 Å². The van der Waals surface area contributed by atoms with Crippen LogP contribution in [0.1, 0.15) is 19.3 Å². The molecule has 12 heavy (non-hydrogen) atoms. The Morgan fingerprint density at radius 2 is 2.08 bits per heavy atom. The van der Waals surface area contributed by atoms with Crippen molar-refractivity contribution in [3.63, 3.8) is 0 Å². The summed E-state index contributed by atoms with van der Waals surface area (Å²) in [5, 5.41) is 0.714. The van der Waals surface area contributed by atoms with Gasteiger partial charge in [-0.25, -0.2) is 0 Å². The van der Waals surface area contributed by atoms with Gasteiger partial charge in [0.25, 0.3) is 0 Å². The Labute approximate surface area is 87.6 Å². The normalized spacial score (nSPS) is 17.5. The molecule has 0 aliphatic carbocycles. The van der Waals surface area contributed by atoms with Gasteiger partial charge in [-0.1, -0.05) is 0 Å². The number of likely N-dealkylation sites (tertiary alicyclic amines) is 1. The number of aldehydes is 1. The van der Waals surface area contributed by atoms with Crippen LogP contribution in [0.25, 0.3) is 0 Å². The molecule has 1 aliphatic heterocycles. The van der Waals surface area contributed by atoms with Crippen LogP contribution >= 0.6 is 0 Å². The minimum atomic E-state index is 0.360. The van der Waals surface area contributed by atoms with Gasteiger partial charge in [0.1, 0.15) is 0 Å². The first-order valence-electron chi connectivity index (χ1n) is 4.20. The van der Waals surface area contributed by atoms with Crippen LogP contribution < -0.4 is 0 Å². The van der Waals surface area contributed by atoms with Crippen LogP contribution in [0.2, 0.25) is 5.32 Å². The molecular weight excluding hydrogens is 284 g/mol. The van der Waals surface area contributed by atoms with Crippen molar-refractivity contribution in [2.75, 3.05) is 13.1 Å². The topological polar surface area (TPSA) is 20.3 Å². The van der Waals surface area contributed by atoms with E-state index in [1.165, 1.54) is 35.8 Å². The van der Waals surface area contributed by atoms with E-state index in [1.54, 1.807) is 0 Å². The summed E-state index contributed by atoms with van der Waals surface area (Å²) < 4.78 is 1.33. The number of carbonyl (C=O) groups is 1. The third-order valence-corrected chi connectivity index (χ3v) is 5.41. The van der Waals surface area contributed by atoms with Crippen LogP contribution in [0, 0.1) is 0 Å². The number of nitrogens with zero attached hydrogens (tertiary/aromatic N) is 1. The molecule has 0 atom stereocenters. The van der Waals surface area contributed by atoms with Crippen molar-refractivity contribution in [3.8, 4) is 0 Å². The standard InChI is InChI=1S/C8H13NOSe2/c10-6-7-12-8(11)9-4-2-1-3-5-9/h6H,1-5,7H2. The summed E-state index contributed by atoms with van der Waals surface area (Å²) in [6.45, 7) is 2.37. The third kappa shape index (κ3) is 3.40. The van der Waals surface area contributed by atoms with E-state index < -0.39 is 0 Å². The maximum absolute atomic E-state index is 10.2. The third-order valence-electron chi connectivity index (χ3n) is 1.89. The zero-order valence-electron chi connectivity index (χ0n) is 6.99. The molecule has 2 nitrogen and oxygen atoms in total.